The topological polar surface area (TPSA) is 66.8 Å². The summed E-state index contributed by atoms with van der Waals surface area (Å²) < 4.78 is 5.44. The van der Waals surface area contributed by atoms with E-state index in [0.717, 1.165) is 57.8 Å². The van der Waals surface area contributed by atoms with Gasteiger partial charge in [-0.25, -0.2) is 0 Å². The lowest BCUT2D eigenvalue weighted by Gasteiger charge is -2.71. The Labute approximate surface area is 213 Å². The van der Waals surface area contributed by atoms with E-state index < -0.39 is 11.0 Å². The Morgan fingerprint density at radius 3 is 2.29 bits per heavy atom. The quantitative estimate of drug-likeness (QED) is 0.337. The Hall–Kier alpha value is -0.870. The fraction of sp³-hybridized carbons (Fsp3) is 0.903. The summed E-state index contributed by atoms with van der Waals surface area (Å²) in [5.74, 6) is 0.909. The van der Waals surface area contributed by atoms with Gasteiger partial charge in [-0.3, -0.25) is 4.79 Å². The molecule has 5 rings (SSSR count). The van der Waals surface area contributed by atoms with Gasteiger partial charge in [0.05, 0.1) is 24.2 Å². The Morgan fingerprint density at radius 1 is 0.943 bits per heavy atom. The normalized spacial score (nSPS) is 54.9. The molecule has 4 nitrogen and oxygen atoms in total. The molecule has 5 aliphatic rings. The molecule has 4 fully saturated rings. The first kappa shape index (κ1) is 25.8. The molecule has 0 aromatic carbocycles. The van der Waals surface area contributed by atoms with Crippen molar-refractivity contribution < 1.29 is 19.7 Å². The number of ether oxygens (including phenoxy) is 1. The second-order valence-corrected chi connectivity index (χ2v) is 14.9. The molecule has 5 aliphatic carbocycles. The lowest BCUT2D eigenvalue weighted by Crippen LogP contribution is -2.67. The zero-order chi connectivity index (χ0) is 25.8. The molecule has 198 valence electrons. The van der Waals surface area contributed by atoms with Crippen molar-refractivity contribution in [2.24, 2.45) is 50.7 Å². The number of fused-ring (bicyclic) bond motifs is 7. The number of carbonyl (C=O) groups is 1. The van der Waals surface area contributed by atoms with Crippen molar-refractivity contribution in [3.63, 3.8) is 0 Å². The smallest absolute Gasteiger partial charge is 0.312 e. The van der Waals surface area contributed by atoms with Gasteiger partial charge in [0.25, 0.3) is 0 Å². The highest BCUT2D eigenvalue weighted by Crippen LogP contribution is 2.76. The van der Waals surface area contributed by atoms with Crippen molar-refractivity contribution in [1.82, 2.24) is 0 Å². The molecule has 0 bridgehead atoms. The molecule has 0 aromatic rings. The van der Waals surface area contributed by atoms with E-state index in [2.05, 4.69) is 47.6 Å². The summed E-state index contributed by atoms with van der Waals surface area (Å²) in [6, 6.07) is 0. The second-order valence-electron chi connectivity index (χ2n) is 14.9. The van der Waals surface area contributed by atoms with Gasteiger partial charge in [-0.15, -0.1) is 0 Å². The number of rotatable bonds is 1. The number of methoxy groups -OCH3 is 1. The van der Waals surface area contributed by atoms with Gasteiger partial charge in [0, 0.05) is 5.92 Å². The monoisotopic (exact) mass is 486 g/mol. The van der Waals surface area contributed by atoms with E-state index in [1.54, 1.807) is 0 Å². The molecular formula is C31H50O4. The summed E-state index contributed by atoms with van der Waals surface area (Å²) in [6.45, 7) is 16.3. The van der Waals surface area contributed by atoms with E-state index in [1.165, 1.54) is 12.7 Å². The SMILES string of the molecule is COC(=O)[C@@]12CC[C@@H](C)[C@@](C)(O)[C@H]1C1=CC[C@H]3[C@]4(C)CC[C@H](O)C(C)(C)[C@@H]4CC[C@@]3(C)[C@]1(C)CC2. The molecule has 4 saturated carbocycles. The van der Waals surface area contributed by atoms with Crippen LogP contribution >= 0.6 is 0 Å². The van der Waals surface area contributed by atoms with Gasteiger partial charge in [-0.2, -0.15) is 0 Å². The Bertz CT molecular complexity index is 934. The van der Waals surface area contributed by atoms with Gasteiger partial charge in [-0.05, 0) is 104 Å². The summed E-state index contributed by atoms with van der Waals surface area (Å²) in [5.41, 5.74) is 0.00144. The molecule has 0 aromatic heterocycles. The number of aliphatic hydroxyl groups is 2. The Kier molecular flexibility index (Phi) is 5.59. The molecule has 2 N–H and O–H groups in total. The zero-order valence-corrected chi connectivity index (χ0v) is 23.5. The van der Waals surface area contributed by atoms with E-state index in [4.69, 9.17) is 4.74 Å². The average Bonchev–Trinajstić information content (AvgIpc) is 2.79. The first-order chi connectivity index (χ1) is 16.1. The van der Waals surface area contributed by atoms with Crippen molar-refractivity contribution in [2.75, 3.05) is 7.11 Å². The third-order valence-corrected chi connectivity index (χ3v) is 13.6. The highest BCUT2D eigenvalue weighted by molar-refractivity contribution is 5.79. The highest BCUT2D eigenvalue weighted by atomic mass is 16.5. The fourth-order valence-electron chi connectivity index (χ4n) is 11.0. The van der Waals surface area contributed by atoms with Crippen molar-refractivity contribution in [2.45, 2.75) is 118 Å². The van der Waals surface area contributed by atoms with Crippen LogP contribution in [0.15, 0.2) is 11.6 Å². The maximum absolute atomic E-state index is 13.4. The van der Waals surface area contributed by atoms with Crippen LogP contribution in [0.3, 0.4) is 0 Å². The lowest BCUT2D eigenvalue weighted by atomic mass is 9.33. The number of aliphatic hydroxyl groups excluding tert-OH is 1. The largest absolute Gasteiger partial charge is 0.469 e. The number of carbonyl (C=O) groups excluding carboxylic acids is 1. The number of hydrogen-bond acceptors (Lipinski definition) is 4. The molecule has 4 heteroatoms. The first-order valence-corrected chi connectivity index (χ1v) is 14.3. The third kappa shape index (κ3) is 2.96. The maximum atomic E-state index is 13.4. The molecule has 0 heterocycles. The maximum Gasteiger partial charge on any atom is 0.312 e. The van der Waals surface area contributed by atoms with Gasteiger partial charge in [0.15, 0.2) is 0 Å². The standard InChI is InChI=1S/C31H50O4/c1-19-11-16-31(25(33)35-8)18-17-28(5)20(24(31)30(19,7)34)9-10-22-27(4)14-13-23(32)26(2,3)21(27)12-15-29(22,28)6/h9,19,21-24,32,34H,10-18H2,1-8H3/t19-,21+,22+,23+,24-,27-,28-,29-,30-,31-/m1/s1. The minimum absolute atomic E-state index is 0.0483. The third-order valence-electron chi connectivity index (χ3n) is 13.6. The van der Waals surface area contributed by atoms with Gasteiger partial charge in [0.2, 0.25) is 0 Å². The van der Waals surface area contributed by atoms with Crippen molar-refractivity contribution in [3.05, 3.63) is 11.6 Å². The number of hydrogen-bond donors (Lipinski definition) is 2. The average molecular weight is 487 g/mol. The van der Waals surface area contributed by atoms with Crippen molar-refractivity contribution in [3.8, 4) is 0 Å². The predicted molar refractivity (Wildman–Crippen MR) is 138 cm³/mol. The summed E-state index contributed by atoms with van der Waals surface area (Å²) in [6.07, 6.45) is 11.0. The Morgan fingerprint density at radius 2 is 1.63 bits per heavy atom. The van der Waals surface area contributed by atoms with Crippen LogP contribution in [0.2, 0.25) is 0 Å². The van der Waals surface area contributed by atoms with Crippen LogP contribution < -0.4 is 0 Å². The Balaban J connectivity index is 1.64. The predicted octanol–water partition coefficient (Wildman–Crippen LogP) is 6.29. The van der Waals surface area contributed by atoms with Gasteiger partial charge < -0.3 is 14.9 Å². The highest BCUT2D eigenvalue weighted by Gasteiger charge is 2.71. The van der Waals surface area contributed by atoms with Crippen LogP contribution in [0.1, 0.15) is 106 Å². The van der Waals surface area contributed by atoms with Crippen LogP contribution in [0.4, 0.5) is 0 Å². The molecule has 0 amide bonds. The summed E-state index contributed by atoms with van der Waals surface area (Å²) in [4.78, 5) is 13.4. The number of allylic oxidation sites excluding steroid dienone is 1. The molecule has 10 atom stereocenters. The van der Waals surface area contributed by atoms with Gasteiger partial charge in [0.1, 0.15) is 0 Å². The molecule has 0 spiro atoms. The second kappa shape index (κ2) is 7.59. The molecule has 35 heavy (non-hydrogen) atoms. The zero-order valence-electron chi connectivity index (χ0n) is 23.5. The summed E-state index contributed by atoms with van der Waals surface area (Å²) in [5, 5.41) is 23.0. The van der Waals surface area contributed by atoms with E-state index in [-0.39, 0.29) is 45.6 Å². The van der Waals surface area contributed by atoms with Crippen LogP contribution in [0.5, 0.6) is 0 Å². The lowest BCUT2D eigenvalue weighted by molar-refractivity contribution is -0.218. The number of esters is 1. The van der Waals surface area contributed by atoms with E-state index in [1.807, 2.05) is 6.92 Å². The van der Waals surface area contributed by atoms with Crippen molar-refractivity contribution in [1.29, 1.82) is 0 Å². The molecule has 0 saturated heterocycles. The van der Waals surface area contributed by atoms with Crippen LogP contribution in [0.25, 0.3) is 0 Å². The van der Waals surface area contributed by atoms with E-state index >= 15 is 0 Å². The molecule has 0 radical (unpaired) electrons. The van der Waals surface area contributed by atoms with Crippen LogP contribution in [0, 0.1) is 50.7 Å². The van der Waals surface area contributed by atoms with Gasteiger partial charge in [-0.1, -0.05) is 53.2 Å². The van der Waals surface area contributed by atoms with Crippen LogP contribution in [-0.4, -0.2) is 35.0 Å². The first-order valence-electron chi connectivity index (χ1n) is 14.3. The molecular weight excluding hydrogens is 436 g/mol. The summed E-state index contributed by atoms with van der Waals surface area (Å²) in [7, 11) is 1.52. The molecule has 0 aliphatic heterocycles. The van der Waals surface area contributed by atoms with Crippen molar-refractivity contribution >= 4 is 5.97 Å². The van der Waals surface area contributed by atoms with Gasteiger partial charge >= 0.3 is 5.97 Å². The van der Waals surface area contributed by atoms with Crippen LogP contribution in [-0.2, 0) is 9.53 Å². The minimum Gasteiger partial charge on any atom is -0.469 e. The van der Waals surface area contributed by atoms with E-state index in [9.17, 15) is 15.0 Å². The minimum atomic E-state index is -0.929. The summed E-state index contributed by atoms with van der Waals surface area (Å²) >= 11 is 0. The molecule has 0 unspecified atom stereocenters. The fourth-order valence-corrected chi connectivity index (χ4v) is 11.0. The van der Waals surface area contributed by atoms with E-state index in [0.29, 0.717) is 11.8 Å².